The summed E-state index contributed by atoms with van der Waals surface area (Å²) in [6.07, 6.45) is 15.3. The summed E-state index contributed by atoms with van der Waals surface area (Å²) in [5.41, 5.74) is 9.74. The van der Waals surface area contributed by atoms with Crippen LogP contribution in [0.25, 0.3) is 65.9 Å². The van der Waals surface area contributed by atoms with E-state index in [-0.39, 0.29) is 0 Å². The van der Waals surface area contributed by atoms with E-state index in [1.807, 2.05) is 25.2 Å². The van der Waals surface area contributed by atoms with Crippen LogP contribution in [0.5, 0.6) is 0 Å². The molecular weight excluding hydrogens is 688 g/mol. The summed E-state index contributed by atoms with van der Waals surface area (Å²) in [6.45, 7) is 12.5. The number of halogens is 2. The van der Waals surface area contributed by atoms with E-state index >= 15 is 0 Å². The van der Waals surface area contributed by atoms with Crippen LogP contribution in [0.3, 0.4) is 0 Å². The second-order valence-electron chi connectivity index (χ2n) is 10.2. The predicted molar refractivity (Wildman–Crippen MR) is 206 cm³/mol. The number of para-hydroxylation sites is 1. The van der Waals surface area contributed by atoms with Gasteiger partial charge in [-0.05, 0) is 99.3 Å². The molecule has 0 radical (unpaired) electrons. The van der Waals surface area contributed by atoms with E-state index in [4.69, 9.17) is 0 Å². The lowest BCUT2D eigenvalue weighted by Crippen LogP contribution is -1.97. The molecule has 3 aromatic heterocycles. The first kappa shape index (κ1) is 32.0. The first-order valence-corrected chi connectivity index (χ1v) is 17.9. The topological polar surface area (TPSA) is 9.86 Å². The first-order valence-electron chi connectivity index (χ1n) is 15.1. The van der Waals surface area contributed by atoms with Crippen LogP contribution in [-0.4, -0.2) is 14.5 Å². The molecule has 3 aromatic carbocycles. The molecule has 0 saturated carbocycles. The molecule has 0 atom stereocenters. The molecule has 0 saturated heterocycles. The third-order valence-electron chi connectivity index (χ3n) is 7.71. The number of rotatable bonds is 7. The highest BCUT2D eigenvalue weighted by molar-refractivity contribution is 9.10. The highest BCUT2D eigenvalue weighted by Crippen LogP contribution is 2.46. The second kappa shape index (κ2) is 14.2. The van der Waals surface area contributed by atoms with Gasteiger partial charge in [-0.25, -0.2) is 0 Å². The molecule has 0 aliphatic carbocycles. The molecule has 6 rings (SSSR count). The molecule has 44 heavy (non-hydrogen) atoms. The van der Waals surface area contributed by atoms with Crippen molar-refractivity contribution in [2.45, 2.75) is 41.5 Å². The Morgan fingerprint density at radius 1 is 0.864 bits per heavy atom. The number of aryl methyl sites for hydroxylation is 1. The van der Waals surface area contributed by atoms with Gasteiger partial charge in [0, 0.05) is 52.8 Å². The van der Waals surface area contributed by atoms with Crippen LogP contribution in [-0.2, 0) is 0 Å². The summed E-state index contributed by atoms with van der Waals surface area (Å²) in [7, 11) is 0. The third kappa shape index (κ3) is 5.62. The Morgan fingerprint density at radius 2 is 1.61 bits per heavy atom. The minimum atomic E-state index is 0.816. The molecule has 0 bridgehead atoms. The van der Waals surface area contributed by atoms with Crippen molar-refractivity contribution < 1.29 is 0 Å². The predicted octanol–water partition coefficient (Wildman–Crippen LogP) is 13.4. The van der Waals surface area contributed by atoms with Crippen LogP contribution in [0.4, 0.5) is 0 Å². The Bertz CT molecular complexity index is 2060. The summed E-state index contributed by atoms with van der Waals surface area (Å²) >= 11 is 9.24. The lowest BCUT2D eigenvalue weighted by atomic mass is 10.1. The lowest BCUT2D eigenvalue weighted by molar-refractivity contribution is 1.11. The van der Waals surface area contributed by atoms with E-state index in [0.29, 0.717) is 0 Å². The fourth-order valence-corrected chi connectivity index (χ4v) is 7.88. The zero-order valence-electron chi connectivity index (χ0n) is 26.2. The third-order valence-corrected chi connectivity index (χ3v) is 9.77. The minimum Gasteiger partial charge on any atom is -0.310 e. The van der Waals surface area contributed by atoms with E-state index < -0.39 is 0 Å². The fourth-order valence-electron chi connectivity index (χ4n) is 6.01. The van der Waals surface area contributed by atoms with E-state index in [2.05, 4.69) is 178 Å². The standard InChI is InChI=1S/C37H32Br2N2S.C2H6/c1-5-12-27(7-3)40-30(16-11-21-38)24(4)35-33(40)19-17-25-22-34(42-37(25)35)36-29-23-26(39)18-20-31(29)41(32(36)13-6-2)28-14-9-8-10-15-28;1-2/h5-20,22-23H,21H2,1-4H3;1-2H3/b12-5-,13-6-,16-11-,27-7+;. The molecule has 5 heteroatoms. The average molecular weight is 727 g/mol. The van der Waals surface area contributed by atoms with Crippen molar-refractivity contribution in [3.8, 4) is 16.1 Å². The Balaban J connectivity index is 0.00000188. The first-order chi connectivity index (χ1) is 21.5. The Labute approximate surface area is 282 Å². The van der Waals surface area contributed by atoms with Crippen LogP contribution < -0.4 is 0 Å². The van der Waals surface area contributed by atoms with Gasteiger partial charge in [-0.1, -0.05) is 94.3 Å². The summed E-state index contributed by atoms with van der Waals surface area (Å²) < 4.78 is 7.19. The average Bonchev–Trinajstić information content (AvgIpc) is 3.69. The largest absolute Gasteiger partial charge is 0.310 e. The molecule has 0 aliphatic rings. The molecular formula is C39H38Br2N2S. The zero-order chi connectivity index (χ0) is 31.4. The molecule has 6 aromatic rings. The molecule has 0 fully saturated rings. The maximum Gasteiger partial charge on any atom is 0.0552 e. The van der Waals surface area contributed by atoms with Crippen molar-refractivity contribution in [2.24, 2.45) is 0 Å². The van der Waals surface area contributed by atoms with Gasteiger partial charge in [-0.2, -0.15) is 0 Å². The number of benzene rings is 3. The fraction of sp³-hybridized carbons (Fsp3) is 0.179. The van der Waals surface area contributed by atoms with Gasteiger partial charge in [0.1, 0.15) is 0 Å². The van der Waals surface area contributed by atoms with E-state index in [9.17, 15) is 0 Å². The smallest absolute Gasteiger partial charge is 0.0552 e. The van der Waals surface area contributed by atoms with Crippen molar-refractivity contribution >= 4 is 92.9 Å². The van der Waals surface area contributed by atoms with E-state index in [1.165, 1.54) is 65.0 Å². The summed E-state index contributed by atoms with van der Waals surface area (Å²) in [4.78, 5) is 1.27. The van der Waals surface area contributed by atoms with Crippen molar-refractivity contribution in [1.82, 2.24) is 9.13 Å². The van der Waals surface area contributed by atoms with Gasteiger partial charge in [-0.15, -0.1) is 11.3 Å². The van der Waals surface area contributed by atoms with Crippen molar-refractivity contribution in [1.29, 1.82) is 0 Å². The number of hydrogen-bond donors (Lipinski definition) is 0. The highest BCUT2D eigenvalue weighted by Gasteiger charge is 2.23. The van der Waals surface area contributed by atoms with Crippen LogP contribution >= 0.6 is 43.2 Å². The zero-order valence-corrected chi connectivity index (χ0v) is 30.1. The number of fused-ring (bicyclic) bond motifs is 4. The monoisotopic (exact) mass is 724 g/mol. The van der Waals surface area contributed by atoms with Gasteiger partial charge >= 0.3 is 0 Å². The number of nitrogens with zero attached hydrogens (tertiary/aromatic N) is 2. The number of allylic oxidation sites excluding steroid dienone is 6. The Morgan fingerprint density at radius 3 is 2.30 bits per heavy atom. The van der Waals surface area contributed by atoms with Crippen LogP contribution in [0, 0.1) is 6.92 Å². The quantitative estimate of drug-likeness (QED) is 0.115. The number of alkyl halides is 1. The molecule has 0 spiro atoms. The van der Waals surface area contributed by atoms with Gasteiger partial charge in [0.15, 0.2) is 0 Å². The van der Waals surface area contributed by atoms with Gasteiger partial charge < -0.3 is 9.13 Å². The van der Waals surface area contributed by atoms with Crippen molar-refractivity contribution in [3.63, 3.8) is 0 Å². The number of aromatic nitrogens is 2. The summed E-state index contributed by atoms with van der Waals surface area (Å²) in [5, 5.41) is 4.65. The van der Waals surface area contributed by atoms with Gasteiger partial charge in [0.2, 0.25) is 0 Å². The molecule has 2 nitrogen and oxygen atoms in total. The normalized spacial score (nSPS) is 12.5. The number of thiophene rings is 1. The van der Waals surface area contributed by atoms with Gasteiger partial charge in [0.05, 0.1) is 16.7 Å². The SMILES string of the molecule is C/C=C\C(=C/C)n1c(/C=C\CBr)c(C)c2c3sc(-c4c(/C=C\C)n(-c5ccccc5)c5ccc(Br)cc45)cc3ccc21.CC. The maximum atomic E-state index is 3.76. The Kier molecular flexibility index (Phi) is 10.3. The van der Waals surface area contributed by atoms with Crippen LogP contribution in [0.15, 0.2) is 102 Å². The van der Waals surface area contributed by atoms with E-state index in [0.717, 1.165) is 15.5 Å². The molecule has 224 valence electrons. The molecule has 0 aliphatic heterocycles. The second-order valence-corrected chi connectivity index (χ2v) is 12.8. The minimum absolute atomic E-state index is 0.816. The van der Waals surface area contributed by atoms with Gasteiger partial charge in [-0.3, -0.25) is 0 Å². The molecule has 0 unspecified atom stereocenters. The Hall–Kier alpha value is -3.38. The van der Waals surface area contributed by atoms with Crippen LogP contribution in [0.2, 0.25) is 0 Å². The summed E-state index contributed by atoms with van der Waals surface area (Å²) in [6, 6.07) is 24.2. The highest BCUT2D eigenvalue weighted by atomic mass is 79.9. The van der Waals surface area contributed by atoms with E-state index in [1.54, 1.807) is 0 Å². The van der Waals surface area contributed by atoms with Crippen molar-refractivity contribution in [2.75, 3.05) is 5.33 Å². The number of hydrogen-bond acceptors (Lipinski definition) is 1. The van der Waals surface area contributed by atoms with Crippen LogP contribution in [0.1, 0.15) is 51.6 Å². The molecule has 0 N–H and O–H groups in total. The summed E-state index contributed by atoms with van der Waals surface area (Å²) in [5.74, 6) is 0. The molecule has 3 heterocycles. The lowest BCUT2D eigenvalue weighted by Gasteiger charge is -2.10. The van der Waals surface area contributed by atoms with Gasteiger partial charge in [0.25, 0.3) is 0 Å². The molecule has 0 amide bonds. The maximum absolute atomic E-state index is 3.76. The van der Waals surface area contributed by atoms with Crippen molar-refractivity contribution in [3.05, 3.63) is 119 Å².